The summed E-state index contributed by atoms with van der Waals surface area (Å²) in [5.74, 6) is -1.43. The molecule has 2 unspecified atom stereocenters. The van der Waals surface area contributed by atoms with E-state index in [1.807, 2.05) is 0 Å². The van der Waals surface area contributed by atoms with Crippen LogP contribution in [0.15, 0.2) is 0 Å². The number of carboxylic acids is 1. The van der Waals surface area contributed by atoms with E-state index in [2.05, 4.69) is 5.32 Å². The maximum absolute atomic E-state index is 12.1. The van der Waals surface area contributed by atoms with Gasteiger partial charge < -0.3 is 15.2 Å². The molecule has 0 aromatic carbocycles. The van der Waals surface area contributed by atoms with Crippen LogP contribution in [0.25, 0.3) is 0 Å². The quantitative estimate of drug-likeness (QED) is 0.726. The zero-order valence-electron chi connectivity index (χ0n) is 10.8. The largest absolute Gasteiger partial charge is 0.480 e. The molecule has 2 rings (SSSR count). The molecule has 1 aliphatic heterocycles. The van der Waals surface area contributed by atoms with Gasteiger partial charge >= 0.3 is 5.97 Å². The van der Waals surface area contributed by atoms with Gasteiger partial charge in [0.15, 0.2) is 0 Å². The first-order valence-corrected chi connectivity index (χ1v) is 6.68. The molecule has 5 heteroatoms. The van der Waals surface area contributed by atoms with E-state index in [9.17, 15) is 14.7 Å². The van der Waals surface area contributed by atoms with Crippen LogP contribution >= 0.6 is 0 Å². The van der Waals surface area contributed by atoms with Gasteiger partial charge in [-0.15, -0.1) is 0 Å². The number of carbonyl (C=O) groups is 2. The van der Waals surface area contributed by atoms with E-state index in [4.69, 9.17) is 4.74 Å². The Balaban J connectivity index is 1.99. The fraction of sp³-hybridized carbons (Fsp3) is 0.846. The molecule has 2 atom stereocenters. The molecule has 1 saturated heterocycles. The first-order chi connectivity index (χ1) is 8.52. The van der Waals surface area contributed by atoms with Crippen molar-refractivity contribution in [2.75, 3.05) is 6.61 Å². The summed E-state index contributed by atoms with van der Waals surface area (Å²) in [5.41, 5.74) is -1.37. The van der Waals surface area contributed by atoms with Crippen molar-refractivity contribution in [2.45, 2.75) is 57.6 Å². The molecule has 1 amide bonds. The SMILES string of the molecule is CC(CC1CCCCO1)(C(=O)O)C(=O)NC1CC1. The van der Waals surface area contributed by atoms with Crippen molar-refractivity contribution in [3.63, 3.8) is 0 Å². The number of aliphatic carboxylic acids is 1. The second-order valence-electron chi connectivity index (χ2n) is 5.58. The molecule has 0 bridgehead atoms. The fourth-order valence-electron chi connectivity index (χ4n) is 2.27. The third-order valence-electron chi connectivity index (χ3n) is 3.80. The lowest BCUT2D eigenvalue weighted by Gasteiger charge is -2.30. The first kappa shape index (κ1) is 13.3. The maximum Gasteiger partial charge on any atom is 0.319 e. The summed E-state index contributed by atoms with van der Waals surface area (Å²) >= 11 is 0. The molecule has 102 valence electrons. The highest BCUT2D eigenvalue weighted by Crippen LogP contribution is 2.31. The molecule has 0 aromatic heterocycles. The van der Waals surface area contributed by atoms with E-state index in [1.54, 1.807) is 0 Å². The van der Waals surface area contributed by atoms with Crippen molar-refractivity contribution in [3.05, 3.63) is 0 Å². The third kappa shape index (κ3) is 3.02. The van der Waals surface area contributed by atoms with Gasteiger partial charge in [-0.1, -0.05) is 0 Å². The number of hydrogen-bond donors (Lipinski definition) is 2. The van der Waals surface area contributed by atoms with Gasteiger partial charge in [-0.05, 0) is 45.4 Å². The maximum atomic E-state index is 12.1. The summed E-state index contributed by atoms with van der Waals surface area (Å²) in [6.07, 6.45) is 4.99. The van der Waals surface area contributed by atoms with Crippen LogP contribution in [0.5, 0.6) is 0 Å². The van der Waals surface area contributed by atoms with Crippen LogP contribution in [0, 0.1) is 5.41 Å². The number of carboxylic acid groups (broad SMARTS) is 1. The van der Waals surface area contributed by atoms with Crippen LogP contribution in [0.3, 0.4) is 0 Å². The highest BCUT2D eigenvalue weighted by Gasteiger charge is 2.45. The van der Waals surface area contributed by atoms with E-state index in [0.717, 1.165) is 32.1 Å². The van der Waals surface area contributed by atoms with Gasteiger partial charge in [-0.3, -0.25) is 9.59 Å². The molecule has 5 nitrogen and oxygen atoms in total. The zero-order valence-corrected chi connectivity index (χ0v) is 10.8. The van der Waals surface area contributed by atoms with Crippen LogP contribution < -0.4 is 5.32 Å². The molecule has 2 N–H and O–H groups in total. The van der Waals surface area contributed by atoms with Crippen molar-refractivity contribution in [1.29, 1.82) is 0 Å². The summed E-state index contributed by atoms with van der Waals surface area (Å²) in [4.78, 5) is 23.5. The molecule has 18 heavy (non-hydrogen) atoms. The highest BCUT2D eigenvalue weighted by atomic mass is 16.5. The Morgan fingerprint density at radius 1 is 1.33 bits per heavy atom. The van der Waals surface area contributed by atoms with Gasteiger partial charge in [-0.25, -0.2) is 0 Å². The second kappa shape index (κ2) is 5.26. The molecule has 2 fully saturated rings. The van der Waals surface area contributed by atoms with Crippen molar-refractivity contribution < 1.29 is 19.4 Å². The predicted octanol–water partition coefficient (Wildman–Crippen LogP) is 1.32. The minimum absolute atomic E-state index is 0.107. The average molecular weight is 255 g/mol. The minimum Gasteiger partial charge on any atom is -0.480 e. The van der Waals surface area contributed by atoms with E-state index in [0.29, 0.717) is 6.61 Å². The summed E-state index contributed by atoms with van der Waals surface area (Å²) in [6, 6.07) is 0.184. The van der Waals surface area contributed by atoms with Crippen molar-refractivity contribution in [1.82, 2.24) is 5.32 Å². The molecular weight excluding hydrogens is 234 g/mol. The Bertz CT molecular complexity index is 334. The fourth-order valence-corrected chi connectivity index (χ4v) is 2.27. The molecular formula is C13H21NO4. The van der Waals surface area contributed by atoms with E-state index in [-0.39, 0.29) is 24.5 Å². The minimum atomic E-state index is -1.37. The van der Waals surface area contributed by atoms with E-state index >= 15 is 0 Å². The van der Waals surface area contributed by atoms with Crippen molar-refractivity contribution in [2.24, 2.45) is 5.41 Å². The summed E-state index contributed by atoms with van der Waals surface area (Å²) in [6.45, 7) is 2.18. The Labute approximate surface area is 107 Å². The third-order valence-corrected chi connectivity index (χ3v) is 3.80. The predicted molar refractivity (Wildman–Crippen MR) is 65.1 cm³/mol. The molecule has 0 spiro atoms. The number of carbonyl (C=O) groups excluding carboxylic acids is 1. The average Bonchev–Trinajstić information content (AvgIpc) is 3.13. The van der Waals surface area contributed by atoms with Crippen LogP contribution in [0.2, 0.25) is 0 Å². The lowest BCUT2D eigenvalue weighted by Crippen LogP contribution is -2.47. The monoisotopic (exact) mass is 255 g/mol. The second-order valence-corrected chi connectivity index (χ2v) is 5.58. The molecule has 1 aliphatic carbocycles. The molecule has 1 heterocycles. The Kier molecular flexibility index (Phi) is 3.90. The number of hydrogen-bond acceptors (Lipinski definition) is 3. The lowest BCUT2D eigenvalue weighted by atomic mass is 9.81. The zero-order chi connectivity index (χ0) is 13.2. The van der Waals surface area contributed by atoms with Crippen molar-refractivity contribution >= 4 is 11.9 Å². The Hall–Kier alpha value is -1.10. The van der Waals surface area contributed by atoms with E-state index < -0.39 is 11.4 Å². The Morgan fingerprint density at radius 2 is 2.06 bits per heavy atom. The van der Waals surface area contributed by atoms with Gasteiger partial charge in [0.1, 0.15) is 5.41 Å². The number of ether oxygens (including phenoxy) is 1. The molecule has 0 aromatic rings. The standard InChI is InChI=1S/C13H21NO4/c1-13(12(16)17,11(15)14-9-5-6-9)8-10-4-2-3-7-18-10/h9-10H,2-8H2,1H3,(H,14,15)(H,16,17). The van der Waals surface area contributed by atoms with Crippen LogP contribution in [0.1, 0.15) is 45.4 Å². The van der Waals surface area contributed by atoms with Gasteiger partial charge in [0.05, 0.1) is 6.10 Å². The highest BCUT2D eigenvalue weighted by molar-refractivity contribution is 6.01. The topological polar surface area (TPSA) is 75.6 Å². The normalized spacial score (nSPS) is 27.3. The number of rotatable bonds is 5. The van der Waals surface area contributed by atoms with E-state index in [1.165, 1.54) is 6.92 Å². The van der Waals surface area contributed by atoms with Crippen LogP contribution in [-0.4, -0.2) is 35.7 Å². The lowest BCUT2D eigenvalue weighted by molar-refractivity contribution is -0.158. The molecule has 0 radical (unpaired) electrons. The van der Waals surface area contributed by atoms with Crippen LogP contribution in [-0.2, 0) is 14.3 Å². The van der Waals surface area contributed by atoms with Gasteiger partial charge in [0, 0.05) is 12.6 Å². The summed E-state index contributed by atoms with van der Waals surface area (Å²) < 4.78 is 5.55. The van der Waals surface area contributed by atoms with Gasteiger partial charge in [0.2, 0.25) is 5.91 Å². The number of nitrogens with one attached hydrogen (secondary N) is 1. The first-order valence-electron chi connectivity index (χ1n) is 6.68. The van der Waals surface area contributed by atoms with Crippen LogP contribution in [0.4, 0.5) is 0 Å². The Morgan fingerprint density at radius 3 is 2.56 bits per heavy atom. The smallest absolute Gasteiger partial charge is 0.319 e. The molecule has 2 aliphatic rings. The van der Waals surface area contributed by atoms with Crippen molar-refractivity contribution in [3.8, 4) is 0 Å². The number of amides is 1. The van der Waals surface area contributed by atoms with Gasteiger partial charge in [0.25, 0.3) is 0 Å². The summed E-state index contributed by atoms with van der Waals surface area (Å²) in [7, 11) is 0. The van der Waals surface area contributed by atoms with Gasteiger partial charge in [-0.2, -0.15) is 0 Å². The summed E-state index contributed by atoms with van der Waals surface area (Å²) in [5, 5.41) is 12.1. The molecule has 1 saturated carbocycles.